The molecule has 1 aliphatic heterocycles. The molecule has 1 aliphatic rings. The lowest BCUT2D eigenvalue weighted by atomic mass is 10.0. The fraction of sp³-hybridized carbons (Fsp3) is 0.419. The lowest BCUT2D eigenvalue weighted by Crippen LogP contribution is -2.34. The van der Waals surface area contributed by atoms with Gasteiger partial charge in [-0.1, -0.05) is 49.9 Å². The first-order chi connectivity index (χ1) is 18.2. The van der Waals surface area contributed by atoms with Crippen LogP contribution in [0, 0.1) is 0 Å². The van der Waals surface area contributed by atoms with Gasteiger partial charge >= 0.3 is 0 Å². The molecule has 194 valence electrons. The summed E-state index contributed by atoms with van der Waals surface area (Å²) in [6.45, 7) is 2.91. The number of methoxy groups -OCH3 is 3. The number of hydrogen-bond donors (Lipinski definition) is 0. The molecular formula is C31H41NO4. The highest BCUT2D eigenvalue weighted by molar-refractivity contribution is 5.37. The van der Waals surface area contributed by atoms with Gasteiger partial charge in [0.1, 0.15) is 23.4 Å². The number of ether oxygens (including phenoxy) is 4. The van der Waals surface area contributed by atoms with Gasteiger partial charge in [-0.15, -0.1) is 0 Å². The first-order valence-electron chi connectivity index (χ1n) is 13.5. The Labute approximate surface area is 218 Å². The fourth-order valence-electron chi connectivity index (χ4n) is 4.91. The quantitative estimate of drug-likeness (QED) is 0.286. The Kier molecular flexibility index (Phi) is 10.1. The topological polar surface area (TPSA) is 40.2 Å². The van der Waals surface area contributed by atoms with Crippen molar-refractivity contribution in [2.75, 3.05) is 41.0 Å². The van der Waals surface area contributed by atoms with E-state index in [0.717, 1.165) is 54.3 Å². The normalized spacial score (nSPS) is 15.7. The van der Waals surface area contributed by atoms with Crippen molar-refractivity contribution >= 4 is 0 Å². The number of para-hydroxylation sites is 1. The van der Waals surface area contributed by atoms with Crippen LogP contribution in [0.2, 0.25) is 0 Å². The summed E-state index contributed by atoms with van der Waals surface area (Å²) in [5, 5.41) is 0. The molecule has 0 aliphatic carbocycles. The smallest absolute Gasteiger partial charge is 0.122 e. The molecule has 0 saturated carbocycles. The van der Waals surface area contributed by atoms with Crippen molar-refractivity contribution in [2.24, 2.45) is 0 Å². The van der Waals surface area contributed by atoms with Gasteiger partial charge in [0.25, 0.3) is 0 Å². The van der Waals surface area contributed by atoms with E-state index >= 15 is 0 Å². The molecule has 0 amide bonds. The van der Waals surface area contributed by atoms with Gasteiger partial charge in [-0.2, -0.15) is 0 Å². The van der Waals surface area contributed by atoms with Crippen molar-refractivity contribution < 1.29 is 20.3 Å². The molecule has 0 aromatic heterocycles. The maximum Gasteiger partial charge on any atom is 0.122 e. The molecule has 1 atom stereocenters. The molecule has 0 bridgehead atoms. The highest BCUT2D eigenvalue weighted by Gasteiger charge is 2.26. The molecule has 1 heterocycles. The van der Waals surface area contributed by atoms with Gasteiger partial charge < -0.3 is 18.9 Å². The molecule has 1 saturated heterocycles. The maximum atomic E-state index is 6.63. The molecule has 5 nitrogen and oxygen atoms in total. The summed E-state index contributed by atoms with van der Waals surface area (Å²) < 4.78 is 28.6. The van der Waals surface area contributed by atoms with E-state index in [1.54, 1.807) is 21.3 Å². The van der Waals surface area contributed by atoms with Crippen LogP contribution >= 0.6 is 0 Å². The molecular weight excluding hydrogens is 450 g/mol. The molecule has 3 aromatic carbocycles. The largest absolute Gasteiger partial charge is 0.497 e. The third kappa shape index (κ3) is 7.02. The number of nitrogens with zero attached hydrogens (tertiary/aromatic N) is 1. The lowest BCUT2D eigenvalue weighted by Gasteiger charge is -2.27. The molecule has 4 rings (SSSR count). The van der Waals surface area contributed by atoms with E-state index in [2.05, 4.69) is 41.3 Å². The zero-order valence-electron chi connectivity index (χ0n) is 23.1. The Balaban J connectivity index is 0.00000186. The minimum absolute atomic E-state index is 0.136. The second-order valence-corrected chi connectivity index (χ2v) is 9.01. The molecule has 5 heteroatoms. The van der Waals surface area contributed by atoms with Gasteiger partial charge in [-0.3, -0.25) is 4.90 Å². The summed E-state index contributed by atoms with van der Waals surface area (Å²) in [4.78, 5) is 2.59. The van der Waals surface area contributed by atoms with E-state index in [1.807, 2.05) is 36.4 Å². The third-order valence-electron chi connectivity index (χ3n) is 6.88. The number of aryl methyl sites for hydroxylation is 1. The van der Waals surface area contributed by atoms with Crippen LogP contribution in [-0.4, -0.2) is 52.0 Å². The van der Waals surface area contributed by atoms with Crippen LogP contribution in [0.4, 0.5) is 0 Å². The zero-order chi connectivity index (χ0) is 26.5. The zero-order valence-corrected chi connectivity index (χ0v) is 22.1. The monoisotopic (exact) mass is 493 g/mol. The Morgan fingerprint density at radius 2 is 1.47 bits per heavy atom. The average molecular weight is 494 g/mol. The summed E-state index contributed by atoms with van der Waals surface area (Å²) in [5.74, 6) is 2.68. The number of likely N-dealkylation sites (tertiary alicyclic amines) is 1. The summed E-state index contributed by atoms with van der Waals surface area (Å²) in [6.07, 6.45) is 4.39. The minimum Gasteiger partial charge on any atom is -0.497 e. The first-order valence-corrected chi connectivity index (χ1v) is 12.5. The summed E-state index contributed by atoms with van der Waals surface area (Å²) in [7, 11) is 6.37. The van der Waals surface area contributed by atoms with E-state index in [1.165, 1.54) is 25.8 Å². The van der Waals surface area contributed by atoms with Crippen molar-refractivity contribution in [3.05, 3.63) is 89.5 Å². The van der Waals surface area contributed by atoms with E-state index in [-0.39, 0.29) is 6.10 Å². The third-order valence-corrected chi connectivity index (χ3v) is 6.88. The van der Waals surface area contributed by atoms with Crippen molar-refractivity contribution in [2.45, 2.75) is 45.2 Å². The second-order valence-electron chi connectivity index (χ2n) is 9.01. The maximum absolute atomic E-state index is 6.63. The predicted octanol–water partition coefficient (Wildman–Crippen LogP) is 6.55. The van der Waals surface area contributed by atoms with Crippen molar-refractivity contribution in [3.63, 3.8) is 0 Å². The van der Waals surface area contributed by atoms with Gasteiger partial charge in [0.15, 0.2) is 0 Å². The summed E-state index contributed by atoms with van der Waals surface area (Å²) >= 11 is 0. The van der Waals surface area contributed by atoms with Crippen molar-refractivity contribution in [1.82, 2.24) is 4.90 Å². The SMILES string of the molecule is COc1ccc(C(OC[C@@H]2CCCN2CCCc2ccccc2OC)c2ccc(OC)cc2)cc1.[3H]C. The predicted molar refractivity (Wildman–Crippen MR) is 146 cm³/mol. The lowest BCUT2D eigenvalue weighted by molar-refractivity contribution is 0.0376. The van der Waals surface area contributed by atoms with Gasteiger partial charge in [0, 0.05) is 7.41 Å². The first kappa shape index (κ1) is 26.1. The van der Waals surface area contributed by atoms with Gasteiger partial charge in [-0.25, -0.2) is 0 Å². The molecule has 0 N–H and O–H groups in total. The Hall–Kier alpha value is -3.02. The van der Waals surface area contributed by atoms with Crippen molar-refractivity contribution in [3.8, 4) is 17.2 Å². The molecule has 3 aromatic rings. The Morgan fingerprint density at radius 3 is 2.06 bits per heavy atom. The van der Waals surface area contributed by atoms with Crippen LogP contribution in [0.25, 0.3) is 0 Å². The molecule has 36 heavy (non-hydrogen) atoms. The van der Waals surface area contributed by atoms with E-state index < -0.39 is 0 Å². The van der Waals surface area contributed by atoms with Crippen LogP contribution < -0.4 is 14.2 Å². The minimum atomic E-state index is -0.136. The van der Waals surface area contributed by atoms with E-state index in [9.17, 15) is 0 Å². The number of benzene rings is 3. The Morgan fingerprint density at radius 1 is 0.861 bits per heavy atom. The van der Waals surface area contributed by atoms with Gasteiger partial charge in [0.2, 0.25) is 0 Å². The van der Waals surface area contributed by atoms with Crippen LogP contribution in [0.15, 0.2) is 72.8 Å². The van der Waals surface area contributed by atoms with Gasteiger partial charge in [-0.05, 0) is 85.8 Å². The molecule has 0 spiro atoms. The fourth-order valence-corrected chi connectivity index (χ4v) is 4.91. The van der Waals surface area contributed by atoms with Crippen LogP contribution in [0.5, 0.6) is 17.2 Å². The van der Waals surface area contributed by atoms with Crippen LogP contribution in [0.3, 0.4) is 0 Å². The standard InChI is InChI=1S/C30H37NO4.CH4/c1-32-27-16-12-24(13-17-27)30(25-14-18-28(33-2)19-15-25)35-22-26-10-7-21-31(26)20-6-9-23-8-4-5-11-29(23)34-3;/h4-5,8,11-19,26,30H,6-7,9-10,20-22H2,1-3H3;1H4/t26-;/m0./s1/i;1T. The Bertz CT molecular complexity index is 994. The number of rotatable bonds is 12. The van der Waals surface area contributed by atoms with Gasteiger partial charge in [0.05, 0.1) is 27.9 Å². The van der Waals surface area contributed by atoms with E-state index in [0.29, 0.717) is 12.6 Å². The van der Waals surface area contributed by atoms with Crippen molar-refractivity contribution in [1.29, 1.82) is 0 Å². The average Bonchev–Trinajstić information content (AvgIpc) is 3.42. The molecule has 0 unspecified atom stereocenters. The number of hydrogen-bond acceptors (Lipinski definition) is 5. The summed E-state index contributed by atoms with van der Waals surface area (Å²) in [6, 6.07) is 25.1. The molecule has 1 fully saturated rings. The van der Waals surface area contributed by atoms with Crippen LogP contribution in [0.1, 0.15) is 50.8 Å². The molecule has 0 radical (unpaired) electrons. The highest BCUT2D eigenvalue weighted by atomic mass is 16.5. The van der Waals surface area contributed by atoms with E-state index in [4.69, 9.17) is 20.3 Å². The summed E-state index contributed by atoms with van der Waals surface area (Å²) in [5.41, 5.74) is 3.52. The van der Waals surface area contributed by atoms with Crippen LogP contribution in [-0.2, 0) is 11.2 Å². The second kappa shape index (κ2) is 13.9. The highest BCUT2D eigenvalue weighted by Crippen LogP contribution is 2.30.